The third kappa shape index (κ3) is 4.24. The molecule has 0 aromatic carbocycles. The van der Waals surface area contributed by atoms with Crippen LogP contribution >= 0.6 is 27.5 Å². The monoisotopic (exact) mass is 523 g/mol. The zero-order valence-corrected chi connectivity index (χ0v) is 20.9. The molecule has 10 heteroatoms. The highest BCUT2D eigenvalue weighted by Crippen LogP contribution is 2.41. The molecule has 2 aromatic rings. The number of pyridine rings is 1. The molecule has 2 aliphatic rings. The molecule has 0 unspecified atom stereocenters. The Hall–Kier alpha value is -2.13. The minimum absolute atomic E-state index is 0.0215. The van der Waals surface area contributed by atoms with E-state index in [0.29, 0.717) is 43.3 Å². The number of methoxy groups -OCH3 is 1. The Morgan fingerprint density at radius 3 is 2.44 bits per heavy atom. The van der Waals surface area contributed by atoms with Gasteiger partial charge in [0.25, 0.3) is 11.8 Å². The Morgan fingerprint density at radius 2 is 1.81 bits per heavy atom. The van der Waals surface area contributed by atoms with Crippen LogP contribution < -0.4 is 4.74 Å². The molecule has 1 spiro atoms. The third-order valence-corrected chi connectivity index (χ3v) is 7.76. The second kappa shape index (κ2) is 9.02. The van der Waals surface area contributed by atoms with Gasteiger partial charge in [-0.25, -0.2) is 4.98 Å². The normalized spacial score (nSPS) is 17.8. The first kappa shape index (κ1) is 23.0. The van der Waals surface area contributed by atoms with E-state index in [2.05, 4.69) is 26.0 Å². The first-order valence-electron chi connectivity index (χ1n) is 10.8. The summed E-state index contributed by atoms with van der Waals surface area (Å²) >= 11 is 9.57. The summed E-state index contributed by atoms with van der Waals surface area (Å²) in [6.45, 7) is 7.27. The summed E-state index contributed by atoms with van der Waals surface area (Å²) in [6.07, 6.45) is 2.68. The number of hydrogen-bond acceptors (Lipinski definition) is 5. The SMILES string of the molecule is CCn1nc(C)c(Br)c1C(=O)N1CCC2(CCN(C(=O)c3cc(Cl)nc(OC)c3)CC2)C1. The molecule has 2 saturated heterocycles. The van der Waals surface area contributed by atoms with E-state index in [1.807, 2.05) is 23.6 Å². The van der Waals surface area contributed by atoms with Crippen molar-refractivity contribution in [2.45, 2.75) is 39.7 Å². The number of ether oxygens (including phenoxy) is 1. The van der Waals surface area contributed by atoms with Crippen molar-refractivity contribution in [1.82, 2.24) is 24.6 Å². The quantitative estimate of drug-likeness (QED) is 0.569. The van der Waals surface area contributed by atoms with Gasteiger partial charge in [0, 0.05) is 44.4 Å². The van der Waals surface area contributed by atoms with Gasteiger partial charge >= 0.3 is 0 Å². The summed E-state index contributed by atoms with van der Waals surface area (Å²) in [5.41, 5.74) is 1.98. The topological polar surface area (TPSA) is 80.6 Å². The number of likely N-dealkylation sites (tertiary alicyclic amines) is 2. The maximum Gasteiger partial charge on any atom is 0.273 e. The smallest absolute Gasteiger partial charge is 0.273 e. The maximum atomic E-state index is 13.3. The molecule has 4 heterocycles. The summed E-state index contributed by atoms with van der Waals surface area (Å²) in [5, 5.41) is 4.69. The Bertz CT molecular complexity index is 1050. The Labute approximate surface area is 201 Å². The molecular formula is C22H27BrClN5O3. The van der Waals surface area contributed by atoms with Crippen molar-refractivity contribution in [3.63, 3.8) is 0 Å². The molecule has 2 aromatic heterocycles. The van der Waals surface area contributed by atoms with Crippen LogP contribution in [0.5, 0.6) is 5.88 Å². The number of carbonyl (C=O) groups excluding carboxylic acids is 2. The fourth-order valence-corrected chi connectivity index (χ4v) is 5.38. The second-order valence-corrected chi connectivity index (χ2v) is 9.73. The molecule has 2 amide bonds. The fraction of sp³-hybridized carbons (Fsp3) is 0.545. The highest BCUT2D eigenvalue weighted by atomic mass is 79.9. The second-order valence-electron chi connectivity index (χ2n) is 8.55. The Kier molecular flexibility index (Phi) is 6.49. The number of halogens is 2. The highest BCUT2D eigenvalue weighted by Gasteiger charge is 2.43. The molecule has 172 valence electrons. The van der Waals surface area contributed by atoms with Gasteiger partial charge < -0.3 is 14.5 Å². The van der Waals surface area contributed by atoms with Gasteiger partial charge in [-0.2, -0.15) is 5.10 Å². The van der Waals surface area contributed by atoms with E-state index in [1.54, 1.807) is 16.8 Å². The molecule has 0 saturated carbocycles. The largest absolute Gasteiger partial charge is 0.481 e. The van der Waals surface area contributed by atoms with Crippen molar-refractivity contribution in [2.75, 3.05) is 33.3 Å². The molecule has 2 fully saturated rings. The Balaban J connectivity index is 1.42. The summed E-state index contributed by atoms with van der Waals surface area (Å²) < 4.78 is 7.67. The van der Waals surface area contributed by atoms with E-state index in [4.69, 9.17) is 16.3 Å². The first-order chi connectivity index (χ1) is 15.3. The van der Waals surface area contributed by atoms with Gasteiger partial charge in [0.2, 0.25) is 5.88 Å². The lowest BCUT2D eigenvalue weighted by Gasteiger charge is -2.39. The molecule has 4 rings (SSSR count). The number of amides is 2. The van der Waals surface area contributed by atoms with E-state index < -0.39 is 0 Å². The number of hydrogen-bond donors (Lipinski definition) is 0. The lowest BCUT2D eigenvalue weighted by molar-refractivity contribution is 0.0563. The molecule has 0 aliphatic carbocycles. The molecule has 0 bridgehead atoms. The lowest BCUT2D eigenvalue weighted by atomic mass is 9.77. The van der Waals surface area contributed by atoms with Gasteiger partial charge in [-0.05, 0) is 60.5 Å². The fourth-order valence-electron chi connectivity index (χ4n) is 4.73. The number of piperidine rings is 1. The number of nitrogens with zero attached hydrogens (tertiary/aromatic N) is 5. The molecule has 32 heavy (non-hydrogen) atoms. The van der Waals surface area contributed by atoms with Crippen LogP contribution in [0.2, 0.25) is 5.15 Å². The zero-order chi connectivity index (χ0) is 23.0. The zero-order valence-electron chi connectivity index (χ0n) is 18.5. The number of aromatic nitrogens is 3. The van der Waals surface area contributed by atoms with Gasteiger partial charge in [0.1, 0.15) is 10.8 Å². The van der Waals surface area contributed by atoms with Crippen LogP contribution in [0.15, 0.2) is 16.6 Å². The van der Waals surface area contributed by atoms with Crippen LogP contribution in [0, 0.1) is 12.3 Å². The van der Waals surface area contributed by atoms with Crippen molar-refractivity contribution in [3.05, 3.63) is 38.7 Å². The summed E-state index contributed by atoms with van der Waals surface area (Å²) in [7, 11) is 1.50. The van der Waals surface area contributed by atoms with Crippen molar-refractivity contribution >= 4 is 39.3 Å². The van der Waals surface area contributed by atoms with Gasteiger partial charge in [-0.1, -0.05) is 11.6 Å². The average Bonchev–Trinajstić information content (AvgIpc) is 3.33. The minimum Gasteiger partial charge on any atom is -0.481 e. The van der Waals surface area contributed by atoms with Gasteiger partial charge in [-0.15, -0.1) is 0 Å². The maximum absolute atomic E-state index is 13.3. The molecule has 0 radical (unpaired) electrons. The van der Waals surface area contributed by atoms with Crippen molar-refractivity contribution < 1.29 is 14.3 Å². The number of rotatable bonds is 4. The Morgan fingerprint density at radius 1 is 1.16 bits per heavy atom. The number of aryl methyl sites for hydroxylation is 2. The predicted octanol–water partition coefficient (Wildman–Crippen LogP) is 3.80. The molecule has 2 aliphatic heterocycles. The van der Waals surface area contributed by atoms with Crippen molar-refractivity contribution in [3.8, 4) is 5.88 Å². The van der Waals surface area contributed by atoms with Gasteiger partial charge in [0.15, 0.2) is 0 Å². The number of carbonyl (C=O) groups is 2. The molecule has 8 nitrogen and oxygen atoms in total. The van der Waals surface area contributed by atoms with Crippen LogP contribution in [0.4, 0.5) is 0 Å². The van der Waals surface area contributed by atoms with Crippen LogP contribution in [0.3, 0.4) is 0 Å². The molecule has 0 N–H and O–H groups in total. The summed E-state index contributed by atoms with van der Waals surface area (Å²) in [4.78, 5) is 34.1. The lowest BCUT2D eigenvalue weighted by Crippen LogP contribution is -2.44. The van der Waals surface area contributed by atoms with Crippen molar-refractivity contribution in [1.29, 1.82) is 0 Å². The standard InChI is InChI=1S/C22H27BrClN5O3/c1-4-29-19(18(23)14(2)26-29)21(31)28-10-7-22(13-28)5-8-27(9-6-22)20(30)15-11-16(24)25-17(12-15)32-3/h11-12H,4-10,13H2,1-3H3. The summed E-state index contributed by atoms with van der Waals surface area (Å²) in [5.74, 6) is 0.278. The van der Waals surface area contributed by atoms with Crippen LogP contribution in [0.1, 0.15) is 52.7 Å². The first-order valence-corrected chi connectivity index (χ1v) is 12.0. The van der Waals surface area contributed by atoms with E-state index in [1.165, 1.54) is 7.11 Å². The van der Waals surface area contributed by atoms with E-state index in [0.717, 1.165) is 36.0 Å². The molecular weight excluding hydrogens is 498 g/mol. The highest BCUT2D eigenvalue weighted by molar-refractivity contribution is 9.10. The molecule has 0 atom stereocenters. The van der Waals surface area contributed by atoms with E-state index >= 15 is 0 Å². The van der Waals surface area contributed by atoms with Crippen LogP contribution in [-0.2, 0) is 6.54 Å². The van der Waals surface area contributed by atoms with Gasteiger partial charge in [-0.3, -0.25) is 14.3 Å². The van der Waals surface area contributed by atoms with Crippen LogP contribution in [0.25, 0.3) is 0 Å². The van der Waals surface area contributed by atoms with Crippen molar-refractivity contribution in [2.24, 2.45) is 5.41 Å². The van der Waals surface area contributed by atoms with Gasteiger partial charge in [0.05, 0.1) is 17.3 Å². The predicted molar refractivity (Wildman–Crippen MR) is 124 cm³/mol. The average molecular weight is 525 g/mol. The third-order valence-electron chi connectivity index (χ3n) is 6.62. The van der Waals surface area contributed by atoms with E-state index in [9.17, 15) is 9.59 Å². The van der Waals surface area contributed by atoms with Crippen LogP contribution in [-0.4, -0.2) is 69.7 Å². The summed E-state index contributed by atoms with van der Waals surface area (Å²) in [6, 6.07) is 3.19. The minimum atomic E-state index is -0.0698. The van der Waals surface area contributed by atoms with E-state index in [-0.39, 0.29) is 22.4 Å².